The Bertz CT molecular complexity index is 839. The van der Waals surface area contributed by atoms with Crippen LogP contribution in [0.5, 0.6) is 11.5 Å². The van der Waals surface area contributed by atoms with Crippen LogP contribution >= 0.6 is 0 Å². The summed E-state index contributed by atoms with van der Waals surface area (Å²) < 4.78 is 11.7. The molecule has 0 radical (unpaired) electrons. The fraction of sp³-hybridized carbons (Fsp3) is 0.400. The van der Waals surface area contributed by atoms with Gasteiger partial charge in [-0.2, -0.15) is 0 Å². The maximum Gasteiger partial charge on any atom is 0.121 e. The number of hydrogen-bond donors (Lipinski definition) is 1. The minimum absolute atomic E-state index is 0.683. The molecule has 1 N–H and O–H groups in total. The molecule has 0 saturated carbocycles. The van der Waals surface area contributed by atoms with Crippen molar-refractivity contribution in [2.24, 2.45) is 0 Å². The van der Waals surface area contributed by atoms with Crippen molar-refractivity contribution in [2.45, 2.75) is 0 Å². The van der Waals surface area contributed by atoms with Crippen LogP contribution in [0.2, 0.25) is 0 Å². The summed E-state index contributed by atoms with van der Waals surface area (Å²) in [4.78, 5) is 7.69. The second-order valence-corrected chi connectivity index (χ2v) is 6.84. The third kappa shape index (κ3) is 4.44. The Labute approximate surface area is 149 Å². The van der Waals surface area contributed by atoms with Crippen molar-refractivity contribution >= 4 is 21.8 Å². The van der Waals surface area contributed by atoms with Gasteiger partial charge in [0.25, 0.3) is 0 Å². The summed E-state index contributed by atoms with van der Waals surface area (Å²) in [7, 11) is 8.18. The fourth-order valence-electron chi connectivity index (χ4n) is 2.73. The van der Waals surface area contributed by atoms with Crippen molar-refractivity contribution in [1.29, 1.82) is 0 Å². The number of hydrogen-bond acceptors (Lipinski definition) is 4. The van der Waals surface area contributed by atoms with Gasteiger partial charge in [-0.15, -0.1) is 0 Å². The maximum absolute atomic E-state index is 5.86. The summed E-state index contributed by atoms with van der Waals surface area (Å²) in [6, 6.07) is 12.4. The lowest BCUT2D eigenvalue weighted by molar-refractivity contribution is 0.261. The number of nitrogens with one attached hydrogen (secondary N) is 1. The second kappa shape index (κ2) is 7.76. The number of aromatic nitrogens is 1. The number of ether oxygens (including phenoxy) is 2. The first-order chi connectivity index (χ1) is 12.0. The molecular formula is C20H27N3O2. The number of aromatic amines is 1. The van der Waals surface area contributed by atoms with E-state index >= 15 is 0 Å². The lowest BCUT2D eigenvalue weighted by Gasteiger charge is -2.11. The van der Waals surface area contributed by atoms with E-state index < -0.39 is 0 Å². The summed E-state index contributed by atoms with van der Waals surface area (Å²) >= 11 is 0. The average molecular weight is 341 g/mol. The molecule has 0 bridgehead atoms. The highest BCUT2D eigenvalue weighted by atomic mass is 16.5. The van der Waals surface area contributed by atoms with Crippen molar-refractivity contribution in [2.75, 3.05) is 54.5 Å². The van der Waals surface area contributed by atoms with E-state index in [2.05, 4.69) is 39.0 Å². The van der Waals surface area contributed by atoms with E-state index in [1.807, 2.05) is 40.3 Å². The highest BCUT2D eigenvalue weighted by Gasteiger charge is 2.07. The quantitative estimate of drug-likeness (QED) is 0.683. The van der Waals surface area contributed by atoms with E-state index in [4.69, 9.17) is 9.47 Å². The first kappa shape index (κ1) is 17.6. The molecule has 3 aromatic rings. The fourth-order valence-corrected chi connectivity index (χ4v) is 2.73. The van der Waals surface area contributed by atoms with Crippen molar-refractivity contribution in [3.8, 4) is 11.5 Å². The molecule has 3 rings (SSSR count). The van der Waals surface area contributed by atoms with Gasteiger partial charge in [0.2, 0.25) is 0 Å². The van der Waals surface area contributed by atoms with Crippen molar-refractivity contribution < 1.29 is 9.47 Å². The molecule has 0 spiro atoms. The monoisotopic (exact) mass is 341 g/mol. The molecule has 0 saturated heterocycles. The van der Waals surface area contributed by atoms with Gasteiger partial charge in [0.15, 0.2) is 0 Å². The number of nitrogens with zero attached hydrogens (tertiary/aromatic N) is 2. The van der Waals surface area contributed by atoms with Gasteiger partial charge in [0.05, 0.1) is 5.52 Å². The number of fused-ring (bicyclic) bond motifs is 3. The first-order valence-electron chi connectivity index (χ1n) is 8.63. The number of likely N-dealkylation sites (N-methyl/N-ethyl adjacent to an activating group) is 2. The van der Waals surface area contributed by atoms with Crippen LogP contribution in [0.1, 0.15) is 0 Å². The molecule has 0 aliphatic heterocycles. The van der Waals surface area contributed by atoms with E-state index in [-0.39, 0.29) is 0 Å². The molecule has 0 unspecified atom stereocenters. The lowest BCUT2D eigenvalue weighted by atomic mass is 10.1. The van der Waals surface area contributed by atoms with E-state index in [0.29, 0.717) is 13.2 Å². The lowest BCUT2D eigenvalue weighted by Crippen LogP contribution is -2.19. The predicted molar refractivity (Wildman–Crippen MR) is 104 cm³/mol. The SMILES string of the molecule is CN(C)CCOc1ccc2c(c1)[nH]c1ccc(OCCN(C)C)cc12. The highest BCUT2D eigenvalue weighted by molar-refractivity contribution is 6.08. The summed E-state index contributed by atoms with van der Waals surface area (Å²) in [6.07, 6.45) is 0. The standard InChI is InChI=1S/C20H27N3O2/c1-22(2)9-11-24-15-6-8-19-18(13-15)17-7-5-16(14-20(17)21-19)25-12-10-23(3)4/h5-8,13-14,21H,9-12H2,1-4H3. The first-order valence-corrected chi connectivity index (χ1v) is 8.63. The van der Waals surface area contributed by atoms with Crippen LogP contribution < -0.4 is 9.47 Å². The molecule has 0 atom stereocenters. The van der Waals surface area contributed by atoms with E-state index in [1.165, 1.54) is 10.8 Å². The van der Waals surface area contributed by atoms with Crippen LogP contribution in [-0.2, 0) is 0 Å². The van der Waals surface area contributed by atoms with Gasteiger partial charge < -0.3 is 24.3 Å². The van der Waals surface area contributed by atoms with Gasteiger partial charge >= 0.3 is 0 Å². The van der Waals surface area contributed by atoms with E-state index in [0.717, 1.165) is 35.6 Å². The topological polar surface area (TPSA) is 40.7 Å². The zero-order valence-corrected chi connectivity index (χ0v) is 15.5. The summed E-state index contributed by atoms with van der Waals surface area (Å²) in [5.74, 6) is 1.80. The van der Waals surface area contributed by atoms with Gasteiger partial charge in [-0.1, -0.05) is 0 Å². The predicted octanol–water partition coefficient (Wildman–Crippen LogP) is 3.20. The Kier molecular flexibility index (Phi) is 5.46. The molecule has 5 nitrogen and oxygen atoms in total. The van der Waals surface area contributed by atoms with E-state index in [1.54, 1.807) is 0 Å². The molecule has 0 aliphatic rings. The molecule has 1 heterocycles. The third-order valence-electron chi connectivity index (χ3n) is 4.16. The Balaban J connectivity index is 1.79. The molecular weight excluding hydrogens is 314 g/mol. The van der Waals surface area contributed by atoms with Crippen LogP contribution in [0.3, 0.4) is 0 Å². The van der Waals surface area contributed by atoms with Gasteiger partial charge in [-0.05, 0) is 58.5 Å². The van der Waals surface area contributed by atoms with Crippen molar-refractivity contribution in [3.63, 3.8) is 0 Å². The Morgan fingerprint density at radius 1 is 0.720 bits per heavy atom. The zero-order valence-electron chi connectivity index (χ0n) is 15.5. The largest absolute Gasteiger partial charge is 0.492 e. The normalized spacial score (nSPS) is 11.8. The van der Waals surface area contributed by atoms with Crippen molar-refractivity contribution in [3.05, 3.63) is 36.4 Å². The molecule has 5 heteroatoms. The summed E-state index contributed by atoms with van der Waals surface area (Å²) in [5.41, 5.74) is 2.20. The third-order valence-corrected chi connectivity index (χ3v) is 4.16. The van der Waals surface area contributed by atoms with Crippen molar-refractivity contribution in [1.82, 2.24) is 14.8 Å². The minimum atomic E-state index is 0.683. The Morgan fingerprint density at radius 2 is 1.32 bits per heavy atom. The number of rotatable bonds is 8. The van der Waals surface area contributed by atoms with E-state index in [9.17, 15) is 0 Å². The Morgan fingerprint density at radius 3 is 1.96 bits per heavy atom. The minimum Gasteiger partial charge on any atom is -0.492 e. The second-order valence-electron chi connectivity index (χ2n) is 6.84. The molecule has 0 fully saturated rings. The molecule has 0 amide bonds. The molecule has 134 valence electrons. The number of benzene rings is 2. The van der Waals surface area contributed by atoms with Gasteiger partial charge in [-0.3, -0.25) is 0 Å². The van der Waals surface area contributed by atoms with Gasteiger partial charge in [-0.25, -0.2) is 0 Å². The molecule has 25 heavy (non-hydrogen) atoms. The average Bonchev–Trinajstić information content (AvgIpc) is 2.91. The van der Waals surface area contributed by atoms with Crippen LogP contribution in [0, 0.1) is 0 Å². The van der Waals surface area contributed by atoms with Crippen LogP contribution in [0.25, 0.3) is 21.8 Å². The number of H-pyrrole nitrogens is 1. The smallest absolute Gasteiger partial charge is 0.121 e. The Hall–Kier alpha value is -2.24. The maximum atomic E-state index is 5.86. The molecule has 1 aromatic heterocycles. The zero-order chi connectivity index (χ0) is 17.8. The van der Waals surface area contributed by atoms with Crippen LogP contribution in [0.4, 0.5) is 0 Å². The van der Waals surface area contributed by atoms with Crippen LogP contribution in [-0.4, -0.2) is 69.3 Å². The molecule has 2 aromatic carbocycles. The summed E-state index contributed by atoms with van der Waals surface area (Å²) in [6.45, 7) is 3.17. The van der Waals surface area contributed by atoms with Gasteiger partial charge in [0.1, 0.15) is 24.7 Å². The highest BCUT2D eigenvalue weighted by Crippen LogP contribution is 2.30. The van der Waals surface area contributed by atoms with Gasteiger partial charge in [0, 0.05) is 35.4 Å². The summed E-state index contributed by atoms with van der Waals surface area (Å²) in [5, 5.41) is 2.37. The molecule has 0 aliphatic carbocycles. The van der Waals surface area contributed by atoms with Crippen LogP contribution in [0.15, 0.2) is 36.4 Å².